The number of halogens is 1. The van der Waals surface area contributed by atoms with E-state index in [1.54, 1.807) is 6.20 Å². The van der Waals surface area contributed by atoms with Gasteiger partial charge in [0.05, 0.1) is 30.0 Å². The predicted molar refractivity (Wildman–Crippen MR) is 118 cm³/mol. The molecule has 2 aromatic carbocycles. The van der Waals surface area contributed by atoms with Crippen LogP contribution in [0.1, 0.15) is 58.5 Å². The van der Waals surface area contributed by atoms with E-state index in [4.69, 9.17) is 5.73 Å². The summed E-state index contributed by atoms with van der Waals surface area (Å²) in [5.74, 6) is -0.0502. The lowest BCUT2D eigenvalue weighted by Gasteiger charge is -2.26. The standard InChI is InChI=1S/C23H26N4O.ClH/c1-2-22-20(14-25-27(22)15-16-7-4-3-5-8-16)23(28)26-21-10-6-9-17-13-18(24)11-12-19(17)21;/h3-5,7-8,11-14,21H,2,6,9-10,15,24H2,1H3,(H,26,28);1H. The number of carbonyl (C=O) groups excluding carboxylic acids is 1. The van der Waals surface area contributed by atoms with E-state index in [1.807, 2.05) is 41.1 Å². The van der Waals surface area contributed by atoms with Gasteiger partial charge in [0.1, 0.15) is 0 Å². The molecule has 1 heterocycles. The van der Waals surface area contributed by atoms with E-state index in [0.29, 0.717) is 12.1 Å². The fourth-order valence-electron chi connectivity index (χ4n) is 4.09. The molecule has 3 N–H and O–H groups in total. The maximum Gasteiger partial charge on any atom is 0.255 e. The smallest absolute Gasteiger partial charge is 0.255 e. The number of hydrogen-bond donors (Lipinski definition) is 2. The van der Waals surface area contributed by atoms with Gasteiger partial charge in [0.25, 0.3) is 5.91 Å². The van der Waals surface area contributed by atoms with Crippen LogP contribution in [0.15, 0.2) is 54.7 Å². The van der Waals surface area contributed by atoms with Gasteiger partial charge >= 0.3 is 0 Å². The molecule has 152 valence electrons. The first kappa shape index (κ1) is 20.9. The molecule has 6 heteroatoms. The minimum absolute atomic E-state index is 0. The van der Waals surface area contributed by atoms with Gasteiger partial charge in [-0.3, -0.25) is 9.48 Å². The van der Waals surface area contributed by atoms with Gasteiger partial charge in [-0.1, -0.05) is 43.3 Å². The van der Waals surface area contributed by atoms with E-state index >= 15 is 0 Å². The number of nitrogens with zero attached hydrogens (tertiary/aromatic N) is 2. The molecule has 1 aromatic heterocycles. The summed E-state index contributed by atoms with van der Waals surface area (Å²) in [6.45, 7) is 2.73. The normalized spacial score (nSPS) is 15.3. The average Bonchev–Trinajstić information content (AvgIpc) is 3.11. The van der Waals surface area contributed by atoms with Crippen molar-refractivity contribution < 1.29 is 4.79 Å². The van der Waals surface area contributed by atoms with Crippen molar-refractivity contribution >= 4 is 24.0 Å². The Hall–Kier alpha value is -2.79. The van der Waals surface area contributed by atoms with Crippen LogP contribution in [0.5, 0.6) is 0 Å². The molecule has 29 heavy (non-hydrogen) atoms. The van der Waals surface area contributed by atoms with Gasteiger partial charge in [0.15, 0.2) is 0 Å². The molecule has 0 saturated heterocycles. The Bertz CT molecular complexity index is 984. The van der Waals surface area contributed by atoms with Crippen molar-refractivity contribution in [3.05, 3.63) is 82.7 Å². The predicted octanol–water partition coefficient (Wildman–Crippen LogP) is 4.31. The summed E-state index contributed by atoms with van der Waals surface area (Å²) in [6, 6.07) is 16.2. The van der Waals surface area contributed by atoms with Crippen LogP contribution < -0.4 is 11.1 Å². The number of nitrogens with two attached hydrogens (primary N) is 1. The number of nitrogens with one attached hydrogen (secondary N) is 1. The van der Waals surface area contributed by atoms with E-state index in [1.165, 1.54) is 16.7 Å². The largest absolute Gasteiger partial charge is 0.399 e. The second-order valence-electron chi connectivity index (χ2n) is 7.38. The van der Waals surface area contributed by atoms with Crippen molar-refractivity contribution in [3.63, 3.8) is 0 Å². The molecular weight excluding hydrogens is 384 g/mol. The van der Waals surface area contributed by atoms with E-state index in [0.717, 1.165) is 37.1 Å². The van der Waals surface area contributed by atoms with E-state index in [-0.39, 0.29) is 24.4 Å². The Morgan fingerprint density at radius 3 is 2.79 bits per heavy atom. The lowest BCUT2D eigenvalue weighted by atomic mass is 9.87. The maximum absolute atomic E-state index is 13.0. The fraction of sp³-hybridized carbons (Fsp3) is 0.304. The monoisotopic (exact) mass is 410 g/mol. The van der Waals surface area contributed by atoms with Crippen molar-refractivity contribution in [2.45, 2.75) is 45.2 Å². The molecule has 1 amide bonds. The van der Waals surface area contributed by atoms with Gasteiger partial charge in [-0.25, -0.2) is 0 Å². The van der Waals surface area contributed by atoms with Crippen LogP contribution in [0.25, 0.3) is 0 Å². The third-order valence-corrected chi connectivity index (χ3v) is 5.49. The molecule has 1 aliphatic carbocycles. The van der Waals surface area contributed by atoms with Crippen LogP contribution in [0.3, 0.4) is 0 Å². The van der Waals surface area contributed by atoms with Crippen molar-refractivity contribution in [2.75, 3.05) is 5.73 Å². The Morgan fingerprint density at radius 1 is 1.24 bits per heavy atom. The summed E-state index contributed by atoms with van der Waals surface area (Å²) < 4.78 is 1.93. The number of aromatic nitrogens is 2. The first-order valence-electron chi connectivity index (χ1n) is 9.93. The molecular formula is C23H27ClN4O. The number of carbonyl (C=O) groups is 1. The first-order chi connectivity index (χ1) is 13.7. The van der Waals surface area contributed by atoms with Crippen molar-refractivity contribution in [2.24, 2.45) is 0 Å². The number of fused-ring (bicyclic) bond motifs is 1. The van der Waals surface area contributed by atoms with Crippen LogP contribution in [-0.2, 0) is 19.4 Å². The number of anilines is 1. The Labute approximate surface area is 177 Å². The van der Waals surface area contributed by atoms with E-state index in [2.05, 4.69) is 29.5 Å². The molecule has 0 aliphatic heterocycles. The number of hydrogen-bond acceptors (Lipinski definition) is 3. The summed E-state index contributed by atoms with van der Waals surface area (Å²) in [6.07, 6.45) is 5.47. The number of nitrogen functional groups attached to an aromatic ring is 1. The Morgan fingerprint density at radius 2 is 2.03 bits per heavy atom. The molecule has 0 radical (unpaired) electrons. The number of benzene rings is 2. The quantitative estimate of drug-likeness (QED) is 0.615. The molecule has 5 nitrogen and oxygen atoms in total. The van der Waals surface area contributed by atoms with E-state index < -0.39 is 0 Å². The lowest BCUT2D eigenvalue weighted by molar-refractivity contribution is 0.0931. The molecule has 1 unspecified atom stereocenters. The topological polar surface area (TPSA) is 72.9 Å². The average molecular weight is 411 g/mol. The Balaban J connectivity index is 0.00000240. The highest BCUT2D eigenvalue weighted by molar-refractivity contribution is 5.95. The highest BCUT2D eigenvalue weighted by atomic mass is 35.5. The van der Waals surface area contributed by atoms with Gasteiger partial charge in [0.2, 0.25) is 0 Å². The van der Waals surface area contributed by atoms with Crippen molar-refractivity contribution in [1.82, 2.24) is 15.1 Å². The Kier molecular flexibility index (Phi) is 6.60. The van der Waals surface area contributed by atoms with Gasteiger partial charge in [-0.15, -0.1) is 12.4 Å². The van der Waals surface area contributed by atoms with Gasteiger partial charge in [-0.2, -0.15) is 5.10 Å². The molecule has 1 atom stereocenters. The molecule has 1 aliphatic rings. The minimum Gasteiger partial charge on any atom is -0.399 e. The maximum atomic E-state index is 13.0. The molecule has 0 saturated carbocycles. The van der Waals surface area contributed by atoms with Gasteiger partial charge < -0.3 is 11.1 Å². The SMILES string of the molecule is CCc1c(C(=O)NC2CCCc3cc(N)ccc32)cnn1Cc1ccccc1.Cl. The highest BCUT2D eigenvalue weighted by Crippen LogP contribution is 2.31. The molecule has 3 aromatic rings. The van der Waals surface area contributed by atoms with Crippen LogP contribution in [0.2, 0.25) is 0 Å². The lowest BCUT2D eigenvalue weighted by Crippen LogP contribution is -2.31. The summed E-state index contributed by atoms with van der Waals surface area (Å²) in [4.78, 5) is 13.0. The highest BCUT2D eigenvalue weighted by Gasteiger charge is 2.24. The third-order valence-electron chi connectivity index (χ3n) is 5.49. The zero-order valence-electron chi connectivity index (χ0n) is 16.6. The second kappa shape index (κ2) is 9.14. The van der Waals surface area contributed by atoms with Crippen molar-refractivity contribution in [1.29, 1.82) is 0 Å². The van der Waals surface area contributed by atoms with Crippen LogP contribution in [0, 0.1) is 0 Å². The molecule has 4 rings (SSSR count). The van der Waals surface area contributed by atoms with Crippen molar-refractivity contribution in [3.8, 4) is 0 Å². The number of amides is 1. The second-order valence-corrected chi connectivity index (χ2v) is 7.38. The summed E-state index contributed by atoms with van der Waals surface area (Å²) in [7, 11) is 0. The van der Waals surface area contributed by atoms with Crippen LogP contribution in [-0.4, -0.2) is 15.7 Å². The molecule has 0 fully saturated rings. The van der Waals surface area contributed by atoms with E-state index in [9.17, 15) is 4.79 Å². The van der Waals surface area contributed by atoms with Crippen LogP contribution in [0.4, 0.5) is 5.69 Å². The zero-order chi connectivity index (χ0) is 19.5. The first-order valence-corrected chi connectivity index (χ1v) is 9.93. The molecule has 0 bridgehead atoms. The van der Waals surface area contributed by atoms with Gasteiger partial charge in [-0.05, 0) is 54.5 Å². The van der Waals surface area contributed by atoms with Crippen LogP contribution >= 0.6 is 12.4 Å². The number of aryl methyl sites for hydroxylation is 1. The fourth-order valence-corrected chi connectivity index (χ4v) is 4.09. The summed E-state index contributed by atoms with van der Waals surface area (Å²) in [5.41, 5.74) is 11.9. The third kappa shape index (κ3) is 4.46. The zero-order valence-corrected chi connectivity index (χ0v) is 17.4. The van der Waals surface area contributed by atoms with Gasteiger partial charge in [0, 0.05) is 5.69 Å². The molecule has 0 spiro atoms. The minimum atomic E-state index is -0.0502. The summed E-state index contributed by atoms with van der Waals surface area (Å²) in [5, 5.41) is 7.72. The summed E-state index contributed by atoms with van der Waals surface area (Å²) >= 11 is 0. The number of rotatable bonds is 5.